The fraction of sp³-hybridized carbons (Fsp3) is 0.294. The average molecular weight is 273 g/mol. The van der Waals surface area contributed by atoms with Gasteiger partial charge in [0.25, 0.3) is 0 Å². The van der Waals surface area contributed by atoms with E-state index >= 15 is 0 Å². The fourth-order valence-electron chi connectivity index (χ4n) is 2.28. The van der Waals surface area contributed by atoms with E-state index in [9.17, 15) is 4.39 Å². The zero-order chi connectivity index (χ0) is 14.4. The Bertz CT molecular complexity index is 522. The van der Waals surface area contributed by atoms with Crippen LogP contribution in [0.25, 0.3) is 0 Å². The molecule has 106 valence electrons. The van der Waals surface area contributed by atoms with E-state index in [1.54, 1.807) is 7.11 Å². The molecule has 0 fully saturated rings. The first-order valence-electron chi connectivity index (χ1n) is 6.75. The number of benzene rings is 2. The highest BCUT2D eigenvalue weighted by molar-refractivity contribution is 5.33. The van der Waals surface area contributed by atoms with Crippen LogP contribution in [0.5, 0.6) is 0 Å². The van der Waals surface area contributed by atoms with Crippen molar-refractivity contribution in [2.45, 2.75) is 12.5 Å². The van der Waals surface area contributed by atoms with Gasteiger partial charge in [-0.1, -0.05) is 36.4 Å². The second kappa shape index (κ2) is 7.17. The molecule has 0 saturated carbocycles. The van der Waals surface area contributed by atoms with Gasteiger partial charge in [0.2, 0.25) is 0 Å². The first kappa shape index (κ1) is 14.7. The zero-order valence-corrected chi connectivity index (χ0v) is 11.9. The molecule has 0 spiro atoms. The van der Waals surface area contributed by atoms with Gasteiger partial charge >= 0.3 is 0 Å². The summed E-state index contributed by atoms with van der Waals surface area (Å²) in [7, 11) is 3.62. The molecule has 1 atom stereocenters. The SMILES string of the molecule is CNC(c1ccc(F)cc1)c1ccc(CCOC)cc1. The number of hydrogen-bond acceptors (Lipinski definition) is 2. The van der Waals surface area contributed by atoms with Crippen LogP contribution in [0.3, 0.4) is 0 Å². The normalized spacial score (nSPS) is 12.3. The van der Waals surface area contributed by atoms with Crippen LogP contribution in [-0.4, -0.2) is 20.8 Å². The molecule has 0 aliphatic rings. The minimum absolute atomic E-state index is 0.0760. The molecule has 0 aliphatic heterocycles. The van der Waals surface area contributed by atoms with Crippen LogP contribution in [0.2, 0.25) is 0 Å². The molecule has 20 heavy (non-hydrogen) atoms. The van der Waals surface area contributed by atoms with E-state index in [1.165, 1.54) is 23.3 Å². The lowest BCUT2D eigenvalue weighted by Crippen LogP contribution is -2.17. The van der Waals surface area contributed by atoms with Crippen LogP contribution in [0, 0.1) is 5.82 Å². The van der Waals surface area contributed by atoms with E-state index < -0.39 is 0 Å². The Morgan fingerprint density at radius 2 is 1.55 bits per heavy atom. The number of halogens is 1. The number of hydrogen-bond donors (Lipinski definition) is 1. The second-order valence-corrected chi connectivity index (χ2v) is 4.76. The van der Waals surface area contributed by atoms with Crippen LogP contribution in [0.1, 0.15) is 22.7 Å². The fourth-order valence-corrected chi connectivity index (χ4v) is 2.28. The highest BCUT2D eigenvalue weighted by Crippen LogP contribution is 2.22. The molecule has 1 unspecified atom stereocenters. The number of rotatable bonds is 6. The van der Waals surface area contributed by atoms with Gasteiger partial charge < -0.3 is 10.1 Å². The van der Waals surface area contributed by atoms with Gasteiger partial charge in [0.1, 0.15) is 5.82 Å². The van der Waals surface area contributed by atoms with Gasteiger partial charge in [-0.2, -0.15) is 0 Å². The van der Waals surface area contributed by atoms with Crippen LogP contribution >= 0.6 is 0 Å². The molecule has 2 aromatic rings. The Morgan fingerprint density at radius 1 is 1.00 bits per heavy atom. The van der Waals surface area contributed by atoms with E-state index in [2.05, 4.69) is 29.6 Å². The van der Waals surface area contributed by atoms with Crippen molar-refractivity contribution in [2.24, 2.45) is 0 Å². The summed E-state index contributed by atoms with van der Waals surface area (Å²) in [5.74, 6) is -0.210. The molecule has 1 N–H and O–H groups in total. The largest absolute Gasteiger partial charge is 0.384 e. The molecule has 3 heteroatoms. The predicted octanol–water partition coefficient (Wildman–Crippen LogP) is 3.32. The Hall–Kier alpha value is -1.71. The van der Waals surface area contributed by atoms with E-state index in [1.807, 2.05) is 19.2 Å². The third-order valence-electron chi connectivity index (χ3n) is 3.40. The summed E-state index contributed by atoms with van der Waals surface area (Å²) in [6.07, 6.45) is 0.914. The molecule has 2 rings (SSSR count). The topological polar surface area (TPSA) is 21.3 Å². The van der Waals surface area contributed by atoms with Crippen molar-refractivity contribution >= 4 is 0 Å². The van der Waals surface area contributed by atoms with E-state index in [0.29, 0.717) is 0 Å². The monoisotopic (exact) mass is 273 g/mol. The van der Waals surface area contributed by atoms with Gasteiger partial charge in [0, 0.05) is 7.11 Å². The molecular weight excluding hydrogens is 253 g/mol. The summed E-state index contributed by atoms with van der Waals surface area (Å²) in [5.41, 5.74) is 3.48. The summed E-state index contributed by atoms with van der Waals surface area (Å²) in [4.78, 5) is 0. The van der Waals surface area contributed by atoms with Crippen molar-refractivity contribution < 1.29 is 9.13 Å². The maximum absolute atomic E-state index is 13.0. The van der Waals surface area contributed by atoms with Crippen LogP contribution in [-0.2, 0) is 11.2 Å². The summed E-state index contributed by atoms with van der Waals surface area (Å²) < 4.78 is 18.1. The highest BCUT2D eigenvalue weighted by atomic mass is 19.1. The molecule has 2 nitrogen and oxygen atoms in total. The molecule has 0 radical (unpaired) electrons. The third kappa shape index (κ3) is 3.65. The number of methoxy groups -OCH3 is 1. The Balaban J connectivity index is 2.17. The third-order valence-corrected chi connectivity index (χ3v) is 3.40. The lowest BCUT2D eigenvalue weighted by Gasteiger charge is -2.17. The van der Waals surface area contributed by atoms with Crippen molar-refractivity contribution in [3.63, 3.8) is 0 Å². The van der Waals surface area contributed by atoms with Crippen molar-refractivity contribution in [1.29, 1.82) is 0 Å². The minimum Gasteiger partial charge on any atom is -0.384 e. The average Bonchev–Trinajstić information content (AvgIpc) is 2.49. The quantitative estimate of drug-likeness (QED) is 0.871. The van der Waals surface area contributed by atoms with Crippen molar-refractivity contribution in [1.82, 2.24) is 5.32 Å². The molecule has 0 aliphatic carbocycles. The van der Waals surface area contributed by atoms with E-state index in [0.717, 1.165) is 18.6 Å². The summed E-state index contributed by atoms with van der Waals surface area (Å²) in [6, 6.07) is 15.1. The summed E-state index contributed by atoms with van der Waals surface area (Å²) in [5, 5.41) is 3.27. The van der Waals surface area contributed by atoms with Crippen molar-refractivity contribution in [2.75, 3.05) is 20.8 Å². The van der Waals surface area contributed by atoms with Crippen molar-refractivity contribution in [3.8, 4) is 0 Å². The van der Waals surface area contributed by atoms with E-state index in [-0.39, 0.29) is 11.9 Å². The predicted molar refractivity (Wildman–Crippen MR) is 79.3 cm³/mol. The summed E-state index contributed by atoms with van der Waals surface area (Å²) >= 11 is 0. The standard InChI is InChI=1S/C17H20FNO/c1-19-17(15-7-9-16(18)10-8-15)14-5-3-13(4-6-14)11-12-20-2/h3-10,17,19H,11-12H2,1-2H3. The Labute approximate surface area is 119 Å². The lowest BCUT2D eigenvalue weighted by molar-refractivity contribution is 0.202. The Kier molecular flexibility index (Phi) is 5.27. The molecule has 2 aromatic carbocycles. The summed E-state index contributed by atoms with van der Waals surface area (Å²) in [6.45, 7) is 0.729. The van der Waals surface area contributed by atoms with Gasteiger partial charge in [-0.15, -0.1) is 0 Å². The number of nitrogens with one attached hydrogen (secondary N) is 1. The van der Waals surface area contributed by atoms with Gasteiger partial charge in [0.05, 0.1) is 12.6 Å². The number of ether oxygens (including phenoxy) is 1. The molecular formula is C17H20FNO. The van der Waals surface area contributed by atoms with Crippen LogP contribution < -0.4 is 5.32 Å². The zero-order valence-electron chi connectivity index (χ0n) is 11.9. The molecule has 0 saturated heterocycles. The molecule has 0 aromatic heterocycles. The smallest absolute Gasteiger partial charge is 0.123 e. The Morgan fingerprint density at radius 3 is 2.05 bits per heavy atom. The minimum atomic E-state index is -0.210. The maximum atomic E-state index is 13.0. The second-order valence-electron chi connectivity index (χ2n) is 4.76. The maximum Gasteiger partial charge on any atom is 0.123 e. The first-order valence-corrected chi connectivity index (χ1v) is 6.75. The molecule has 0 bridgehead atoms. The molecule has 0 heterocycles. The van der Waals surface area contributed by atoms with Crippen molar-refractivity contribution in [3.05, 3.63) is 71.0 Å². The first-order chi connectivity index (χ1) is 9.74. The molecule has 0 amide bonds. The van der Waals surface area contributed by atoms with E-state index in [4.69, 9.17) is 4.74 Å². The van der Waals surface area contributed by atoms with Gasteiger partial charge in [-0.25, -0.2) is 4.39 Å². The lowest BCUT2D eigenvalue weighted by atomic mass is 9.97. The van der Waals surface area contributed by atoms with Gasteiger partial charge in [0.15, 0.2) is 0 Å². The van der Waals surface area contributed by atoms with Gasteiger partial charge in [-0.3, -0.25) is 0 Å². The van der Waals surface area contributed by atoms with Gasteiger partial charge in [-0.05, 0) is 42.3 Å². The highest BCUT2D eigenvalue weighted by Gasteiger charge is 2.11. The van der Waals surface area contributed by atoms with Crippen LogP contribution in [0.4, 0.5) is 4.39 Å². The van der Waals surface area contributed by atoms with Crippen LogP contribution in [0.15, 0.2) is 48.5 Å².